The molecule has 1 aromatic carbocycles. The predicted octanol–water partition coefficient (Wildman–Crippen LogP) is 2.41. The average molecular weight is 395 g/mol. The lowest BCUT2D eigenvalue weighted by atomic mass is 10.1. The van der Waals surface area contributed by atoms with Crippen molar-refractivity contribution in [2.45, 2.75) is 13.0 Å². The number of hydrogen-bond acceptors (Lipinski definition) is 6. The predicted molar refractivity (Wildman–Crippen MR) is 110 cm³/mol. The van der Waals surface area contributed by atoms with Crippen molar-refractivity contribution >= 4 is 16.9 Å². The van der Waals surface area contributed by atoms with Gasteiger partial charge in [-0.1, -0.05) is 12.1 Å². The maximum absolute atomic E-state index is 12.7. The number of rotatable bonds is 5. The number of para-hydroxylation sites is 1. The zero-order chi connectivity index (χ0) is 20.4. The molecule has 1 amide bonds. The number of nitrogens with zero attached hydrogens (tertiary/aromatic N) is 2. The van der Waals surface area contributed by atoms with Gasteiger partial charge in [-0.25, -0.2) is 0 Å². The maximum Gasteiger partial charge on any atom is 0.287 e. The Morgan fingerprint density at radius 2 is 1.86 bits per heavy atom. The van der Waals surface area contributed by atoms with E-state index in [1.165, 1.54) is 6.07 Å². The highest BCUT2D eigenvalue weighted by atomic mass is 16.3. The number of furan rings is 1. The number of aryl methyl sites for hydroxylation is 1. The van der Waals surface area contributed by atoms with E-state index in [2.05, 4.69) is 22.2 Å². The molecule has 0 aliphatic carbocycles. The Hall–Kier alpha value is -2.90. The van der Waals surface area contributed by atoms with Crippen LogP contribution in [-0.2, 0) is 0 Å². The second-order valence-electron chi connectivity index (χ2n) is 7.48. The van der Waals surface area contributed by atoms with Gasteiger partial charge in [0.1, 0.15) is 17.1 Å². The Bertz CT molecular complexity index is 1060. The molecule has 29 heavy (non-hydrogen) atoms. The summed E-state index contributed by atoms with van der Waals surface area (Å²) in [5, 5.41) is 3.38. The van der Waals surface area contributed by atoms with Crippen molar-refractivity contribution in [1.29, 1.82) is 0 Å². The average Bonchev–Trinajstić information content (AvgIpc) is 3.15. The molecule has 1 saturated heterocycles. The zero-order valence-electron chi connectivity index (χ0n) is 16.7. The summed E-state index contributed by atoms with van der Waals surface area (Å²) in [5.41, 5.74) is 0.178. The van der Waals surface area contributed by atoms with Crippen LogP contribution in [0.2, 0.25) is 0 Å². The first-order chi connectivity index (χ1) is 14.0. The molecule has 3 heterocycles. The van der Waals surface area contributed by atoms with E-state index in [9.17, 15) is 9.59 Å². The van der Waals surface area contributed by atoms with E-state index in [0.717, 1.165) is 37.7 Å². The van der Waals surface area contributed by atoms with Crippen LogP contribution in [0.15, 0.2) is 56.1 Å². The van der Waals surface area contributed by atoms with Gasteiger partial charge in [0, 0.05) is 38.8 Å². The molecule has 2 aromatic heterocycles. The van der Waals surface area contributed by atoms with Crippen molar-refractivity contribution in [3.8, 4) is 0 Å². The fourth-order valence-corrected chi connectivity index (χ4v) is 3.67. The summed E-state index contributed by atoms with van der Waals surface area (Å²) < 4.78 is 11.5. The van der Waals surface area contributed by atoms with Gasteiger partial charge in [0.05, 0.1) is 11.4 Å². The molecule has 0 unspecified atom stereocenters. The lowest BCUT2D eigenvalue weighted by Gasteiger charge is -2.37. The lowest BCUT2D eigenvalue weighted by Crippen LogP contribution is -2.48. The largest absolute Gasteiger partial charge is 0.465 e. The fourth-order valence-electron chi connectivity index (χ4n) is 3.67. The number of benzene rings is 1. The molecule has 0 spiro atoms. The first kappa shape index (κ1) is 19.4. The number of amides is 1. The van der Waals surface area contributed by atoms with Gasteiger partial charge < -0.3 is 19.1 Å². The van der Waals surface area contributed by atoms with Gasteiger partial charge in [0.25, 0.3) is 5.91 Å². The lowest BCUT2D eigenvalue weighted by molar-refractivity contribution is 0.0830. The maximum atomic E-state index is 12.7. The first-order valence-electron chi connectivity index (χ1n) is 9.81. The molecule has 0 saturated carbocycles. The Morgan fingerprint density at radius 1 is 1.10 bits per heavy atom. The molecule has 1 N–H and O–H groups in total. The van der Waals surface area contributed by atoms with Crippen LogP contribution in [0.1, 0.15) is 28.1 Å². The number of fused-ring (bicyclic) bond motifs is 1. The second kappa shape index (κ2) is 8.23. The van der Waals surface area contributed by atoms with Crippen LogP contribution in [-0.4, -0.2) is 55.5 Å². The van der Waals surface area contributed by atoms with E-state index in [-0.39, 0.29) is 17.2 Å². The topological polar surface area (TPSA) is 78.9 Å². The van der Waals surface area contributed by atoms with Crippen LogP contribution in [0, 0.1) is 6.92 Å². The van der Waals surface area contributed by atoms with Crippen LogP contribution in [0.5, 0.6) is 0 Å². The van der Waals surface area contributed by atoms with Crippen molar-refractivity contribution in [2.24, 2.45) is 0 Å². The molecule has 4 rings (SSSR count). The number of piperazine rings is 1. The van der Waals surface area contributed by atoms with Gasteiger partial charge in [-0.2, -0.15) is 0 Å². The molecule has 1 atom stereocenters. The van der Waals surface area contributed by atoms with Crippen LogP contribution in [0.3, 0.4) is 0 Å². The van der Waals surface area contributed by atoms with Gasteiger partial charge in [-0.05, 0) is 38.2 Å². The van der Waals surface area contributed by atoms with Gasteiger partial charge >= 0.3 is 0 Å². The molecular formula is C22H25N3O4. The van der Waals surface area contributed by atoms with Gasteiger partial charge in [0.2, 0.25) is 0 Å². The van der Waals surface area contributed by atoms with Crippen molar-refractivity contribution in [3.63, 3.8) is 0 Å². The van der Waals surface area contributed by atoms with E-state index in [0.29, 0.717) is 17.5 Å². The highest BCUT2D eigenvalue weighted by Crippen LogP contribution is 2.24. The third-order valence-corrected chi connectivity index (χ3v) is 5.38. The quantitative estimate of drug-likeness (QED) is 0.715. The Kier molecular flexibility index (Phi) is 5.51. The second-order valence-corrected chi connectivity index (χ2v) is 7.48. The summed E-state index contributed by atoms with van der Waals surface area (Å²) >= 11 is 0. The van der Waals surface area contributed by atoms with E-state index in [1.807, 2.05) is 19.1 Å². The molecule has 1 fully saturated rings. The van der Waals surface area contributed by atoms with Gasteiger partial charge in [0.15, 0.2) is 11.2 Å². The molecule has 1 aliphatic rings. The van der Waals surface area contributed by atoms with E-state index >= 15 is 0 Å². The fraction of sp³-hybridized carbons (Fsp3) is 0.364. The monoisotopic (exact) mass is 395 g/mol. The Labute approximate surface area is 168 Å². The normalized spacial score (nSPS) is 16.8. The molecule has 152 valence electrons. The van der Waals surface area contributed by atoms with Crippen LogP contribution in [0.4, 0.5) is 0 Å². The van der Waals surface area contributed by atoms with Crippen LogP contribution in [0.25, 0.3) is 11.0 Å². The van der Waals surface area contributed by atoms with E-state index < -0.39 is 5.91 Å². The van der Waals surface area contributed by atoms with Crippen LogP contribution >= 0.6 is 0 Å². The summed E-state index contributed by atoms with van der Waals surface area (Å²) in [7, 11) is 2.10. The number of carbonyl (C=O) groups excluding carboxylic acids is 1. The van der Waals surface area contributed by atoms with Gasteiger partial charge in [-0.15, -0.1) is 0 Å². The highest BCUT2D eigenvalue weighted by Gasteiger charge is 2.27. The summed E-state index contributed by atoms with van der Waals surface area (Å²) in [6, 6.07) is 12.0. The smallest absolute Gasteiger partial charge is 0.287 e. The van der Waals surface area contributed by atoms with Crippen molar-refractivity contribution in [3.05, 3.63) is 70.0 Å². The van der Waals surface area contributed by atoms with Crippen molar-refractivity contribution in [1.82, 2.24) is 15.1 Å². The minimum absolute atomic E-state index is 0.0152. The third kappa shape index (κ3) is 4.26. The summed E-state index contributed by atoms with van der Waals surface area (Å²) in [6.45, 7) is 5.98. The SMILES string of the molecule is Cc1ccc([C@@H](CNC(=O)c2cc(=O)c3ccccc3o2)N2CCN(C)CC2)o1. The highest BCUT2D eigenvalue weighted by molar-refractivity contribution is 5.93. The van der Waals surface area contributed by atoms with E-state index in [4.69, 9.17) is 8.83 Å². The van der Waals surface area contributed by atoms with E-state index in [1.54, 1.807) is 24.3 Å². The molecule has 1 aliphatic heterocycles. The van der Waals surface area contributed by atoms with Crippen LogP contribution < -0.4 is 10.7 Å². The number of carbonyl (C=O) groups is 1. The summed E-state index contributed by atoms with van der Waals surface area (Å²) in [4.78, 5) is 29.6. The summed E-state index contributed by atoms with van der Waals surface area (Å²) in [6.07, 6.45) is 0. The molecule has 7 nitrogen and oxygen atoms in total. The Balaban J connectivity index is 1.52. The molecule has 3 aromatic rings. The number of nitrogens with one attached hydrogen (secondary N) is 1. The first-order valence-corrected chi connectivity index (χ1v) is 9.81. The standard InChI is InChI=1S/C22H25N3O4/c1-15-7-8-20(28-15)17(25-11-9-24(2)10-12-25)14-23-22(27)21-13-18(26)16-5-3-4-6-19(16)29-21/h3-8,13,17H,9-12,14H2,1-2H3,(H,23,27)/t17-/m1/s1. The minimum atomic E-state index is -0.407. The molecule has 0 bridgehead atoms. The third-order valence-electron chi connectivity index (χ3n) is 5.38. The van der Waals surface area contributed by atoms with Gasteiger partial charge in [-0.3, -0.25) is 14.5 Å². The number of likely N-dealkylation sites (N-methyl/N-ethyl adjacent to an activating group) is 1. The molecule has 0 radical (unpaired) electrons. The molecule has 7 heteroatoms. The zero-order valence-corrected chi connectivity index (χ0v) is 16.7. The molecular weight excluding hydrogens is 370 g/mol. The number of hydrogen-bond donors (Lipinski definition) is 1. The summed E-state index contributed by atoms with van der Waals surface area (Å²) in [5.74, 6) is 1.27. The Morgan fingerprint density at radius 3 is 2.59 bits per heavy atom. The minimum Gasteiger partial charge on any atom is -0.465 e. The van der Waals surface area contributed by atoms with Crippen molar-refractivity contribution < 1.29 is 13.6 Å². The van der Waals surface area contributed by atoms with Crippen molar-refractivity contribution in [2.75, 3.05) is 39.8 Å².